The fraction of sp³-hybridized carbons (Fsp3) is 0.429. The topological polar surface area (TPSA) is 86.6 Å². The Morgan fingerprint density at radius 3 is 2.19 bits per heavy atom. The highest BCUT2D eigenvalue weighted by atomic mass is 16.7. The van der Waals surface area contributed by atoms with Gasteiger partial charge in [0, 0.05) is 12.0 Å². The summed E-state index contributed by atoms with van der Waals surface area (Å²) >= 11 is 0. The summed E-state index contributed by atoms with van der Waals surface area (Å²) in [6.45, 7) is 1.48. The summed E-state index contributed by atoms with van der Waals surface area (Å²) in [7, 11) is 4.53. The van der Waals surface area contributed by atoms with Crippen molar-refractivity contribution in [1.29, 1.82) is 0 Å². The van der Waals surface area contributed by atoms with Gasteiger partial charge in [0.25, 0.3) is 0 Å². The highest BCUT2D eigenvalue weighted by Crippen LogP contribution is 2.39. The molecule has 0 radical (unpaired) electrons. The molecule has 1 aromatic carbocycles. The molecule has 1 aromatic rings. The minimum atomic E-state index is -1.35. The maximum absolute atomic E-state index is 11.2. The van der Waals surface area contributed by atoms with Gasteiger partial charge in [-0.15, -0.1) is 0 Å². The van der Waals surface area contributed by atoms with Crippen molar-refractivity contribution in [2.45, 2.75) is 18.9 Å². The van der Waals surface area contributed by atoms with E-state index in [-0.39, 0.29) is 6.42 Å². The smallest absolute Gasteiger partial charge is 0.351 e. The Labute approximate surface area is 122 Å². The zero-order valence-electron chi connectivity index (χ0n) is 12.3. The lowest BCUT2D eigenvalue weighted by Gasteiger charge is -2.15. The molecule has 1 heterocycles. The summed E-state index contributed by atoms with van der Waals surface area (Å²) in [6.07, 6.45) is 0.154. The van der Waals surface area contributed by atoms with Gasteiger partial charge in [-0.3, -0.25) is 0 Å². The van der Waals surface area contributed by atoms with Gasteiger partial charge in [0.05, 0.1) is 27.0 Å². The lowest BCUT2D eigenvalue weighted by molar-refractivity contribution is -0.160. The van der Waals surface area contributed by atoms with Gasteiger partial charge in [-0.2, -0.15) is 0 Å². The molecular weight excluding hydrogens is 278 g/mol. The minimum Gasteiger partial charge on any atom is -0.493 e. The molecule has 0 aromatic heterocycles. The molecule has 0 fully saturated rings. The van der Waals surface area contributed by atoms with Crippen LogP contribution in [0.3, 0.4) is 0 Å². The molecule has 7 nitrogen and oxygen atoms in total. The third kappa shape index (κ3) is 2.58. The number of aliphatic carboxylic acids is 1. The molecule has 114 valence electrons. The van der Waals surface area contributed by atoms with Crippen LogP contribution in [0.5, 0.6) is 17.2 Å². The van der Waals surface area contributed by atoms with Gasteiger partial charge >= 0.3 is 5.97 Å². The molecule has 7 heteroatoms. The van der Waals surface area contributed by atoms with Crippen LogP contribution in [-0.4, -0.2) is 43.7 Å². The molecule has 0 unspecified atom stereocenters. The van der Waals surface area contributed by atoms with Gasteiger partial charge in [-0.1, -0.05) is 5.16 Å². The first kappa shape index (κ1) is 15.0. The lowest BCUT2D eigenvalue weighted by Crippen LogP contribution is -2.35. The Hall–Kier alpha value is -2.44. The Balaban J connectivity index is 2.40. The normalized spacial score (nSPS) is 20.5. The first-order chi connectivity index (χ1) is 9.95. The summed E-state index contributed by atoms with van der Waals surface area (Å²) in [6, 6.07) is 3.41. The predicted molar refractivity (Wildman–Crippen MR) is 74.4 cm³/mol. The molecule has 0 saturated heterocycles. The monoisotopic (exact) mass is 295 g/mol. The zero-order chi connectivity index (χ0) is 15.6. The van der Waals surface area contributed by atoms with E-state index in [0.717, 1.165) is 0 Å². The number of carboxylic acids is 1. The molecule has 1 aliphatic rings. The van der Waals surface area contributed by atoms with Crippen LogP contribution in [0, 0.1) is 0 Å². The molecule has 2 rings (SSSR count). The predicted octanol–water partition coefficient (Wildman–Crippen LogP) is 1.68. The average Bonchev–Trinajstić information content (AvgIpc) is 2.89. The van der Waals surface area contributed by atoms with Crippen LogP contribution >= 0.6 is 0 Å². The maximum Gasteiger partial charge on any atom is 0.351 e. The first-order valence-corrected chi connectivity index (χ1v) is 6.24. The largest absolute Gasteiger partial charge is 0.493 e. The van der Waals surface area contributed by atoms with Gasteiger partial charge < -0.3 is 24.2 Å². The number of oxime groups is 1. The van der Waals surface area contributed by atoms with Crippen LogP contribution in [0.25, 0.3) is 0 Å². The van der Waals surface area contributed by atoms with Crippen molar-refractivity contribution >= 4 is 11.7 Å². The number of nitrogens with zero attached hydrogens (tertiary/aromatic N) is 1. The first-order valence-electron chi connectivity index (χ1n) is 6.24. The summed E-state index contributed by atoms with van der Waals surface area (Å²) in [5.41, 5.74) is -0.177. The fourth-order valence-electron chi connectivity index (χ4n) is 2.06. The molecule has 21 heavy (non-hydrogen) atoms. The Morgan fingerprint density at radius 2 is 1.81 bits per heavy atom. The second-order valence-electron chi connectivity index (χ2n) is 4.76. The molecule has 0 saturated carbocycles. The highest BCUT2D eigenvalue weighted by molar-refractivity contribution is 6.05. The van der Waals surface area contributed by atoms with E-state index in [1.54, 1.807) is 12.1 Å². The van der Waals surface area contributed by atoms with Gasteiger partial charge in [-0.25, -0.2) is 4.79 Å². The van der Waals surface area contributed by atoms with Crippen LogP contribution < -0.4 is 14.2 Å². The number of hydrogen-bond acceptors (Lipinski definition) is 6. The summed E-state index contributed by atoms with van der Waals surface area (Å²) in [5.74, 6) is 0.343. The van der Waals surface area contributed by atoms with E-state index in [1.165, 1.54) is 28.3 Å². The van der Waals surface area contributed by atoms with Crippen LogP contribution in [0.4, 0.5) is 0 Å². The van der Waals surface area contributed by atoms with E-state index in [2.05, 4.69) is 5.16 Å². The number of methoxy groups -OCH3 is 3. The van der Waals surface area contributed by atoms with Gasteiger partial charge in [0.1, 0.15) is 0 Å². The van der Waals surface area contributed by atoms with Gasteiger partial charge in [0.2, 0.25) is 11.4 Å². The number of hydrogen-bond donors (Lipinski definition) is 1. The van der Waals surface area contributed by atoms with E-state index in [1.807, 2.05) is 0 Å². The van der Waals surface area contributed by atoms with Crippen molar-refractivity contribution in [3.63, 3.8) is 0 Å². The molecule has 0 bridgehead atoms. The highest BCUT2D eigenvalue weighted by Gasteiger charge is 2.42. The van der Waals surface area contributed by atoms with E-state index in [0.29, 0.717) is 28.5 Å². The second kappa shape index (κ2) is 5.51. The van der Waals surface area contributed by atoms with Crippen molar-refractivity contribution in [2.75, 3.05) is 21.3 Å². The van der Waals surface area contributed by atoms with Crippen LogP contribution in [0.15, 0.2) is 17.3 Å². The molecule has 1 atom stereocenters. The molecule has 1 N–H and O–H groups in total. The molecule has 1 aliphatic heterocycles. The summed E-state index contributed by atoms with van der Waals surface area (Å²) < 4.78 is 15.8. The number of rotatable bonds is 5. The Bertz CT molecular complexity index is 572. The standard InChI is InChI=1S/C14H17NO6/c1-14(13(16)17)7-9(15-21-14)8-5-10(18-2)12(20-4)11(6-8)19-3/h5-6H,7H2,1-4H3,(H,16,17)/t14-/m0/s1. The van der Waals surface area contributed by atoms with E-state index in [9.17, 15) is 4.79 Å². The lowest BCUT2D eigenvalue weighted by atomic mass is 9.96. The summed E-state index contributed by atoms with van der Waals surface area (Å²) in [4.78, 5) is 16.2. The fourth-order valence-corrected chi connectivity index (χ4v) is 2.06. The van der Waals surface area contributed by atoms with E-state index < -0.39 is 11.6 Å². The summed E-state index contributed by atoms with van der Waals surface area (Å²) in [5, 5.41) is 13.0. The number of carbonyl (C=O) groups is 1. The molecule has 0 aliphatic carbocycles. The third-order valence-corrected chi connectivity index (χ3v) is 3.31. The number of ether oxygens (including phenoxy) is 3. The third-order valence-electron chi connectivity index (χ3n) is 3.31. The Kier molecular flexibility index (Phi) is 3.93. The molecular formula is C14H17NO6. The average molecular weight is 295 g/mol. The van der Waals surface area contributed by atoms with E-state index in [4.69, 9.17) is 24.2 Å². The van der Waals surface area contributed by atoms with Crippen molar-refractivity contribution < 1.29 is 28.9 Å². The number of carboxylic acid groups (broad SMARTS) is 1. The molecule has 0 amide bonds. The maximum atomic E-state index is 11.2. The van der Waals surface area contributed by atoms with E-state index >= 15 is 0 Å². The Morgan fingerprint density at radius 1 is 1.24 bits per heavy atom. The van der Waals surface area contributed by atoms with Gasteiger partial charge in [0.15, 0.2) is 11.5 Å². The minimum absolute atomic E-state index is 0.154. The van der Waals surface area contributed by atoms with Gasteiger partial charge in [-0.05, 0) is 19.1 Å². The van der Waals surface area contributed by atoms with Crippen molar-refractivity contribution in [1.82, 2.24) is 0 Å². The quantitative estimate of drug-likeness (QED) is 0.889. The van der Waals surface area contributed by atoms with Crippen molar-refractivity contribution in [3.05, 3.63) is 17.7 Å². The number of benzene rings is 1. The van der Waals surface area contributed by atoms with Crippen LogP contribution in [0.2, 0.25) is 0 Å². The van der Waals surface area contributed by atoms with Crippen molar-refractivity contribution in [3.8, 4) is 17.2 Å². The zero-order valence-corrected chi connectivity index (χ0v) is 12.3. The SMILES string of the molecule is COc1cc(C2=NO[C@](C)(C(=O)O)C2)cc(OC)c1OC. The molecule has 0 spiro atoms. The van der Waals surface area contributed by atoms with Crippen LogP contribution in [0.1, 0.15) is 18.9 Å². The van der Waals surface area contributed by atoms with Crippen molar-refractivity contribution in [2.24, 2.45) is 5.16 Å². The second-order valence-corrected chi connectivity index (χ2v) is 4.76. The van der Waals surface area contributed by atoms with Crippen LogP contribution in [-0.2, 0) is 9.63 Å².